The molecule has 6 nitrogen and oxygen atoms in total. The Hall–Kier alpha value is -2.97. The van der Waals surface area contributed by atoms with Gasteiger partial charge < -0.3 is 14.8 Å². The highest BCUT2D eigenvalue weighted by Crippen LogP contribution is 2.38. The summed E-state index contributed by atoms with van der Waals surface area (Å²) in [7, 11) is 3.01. The van der Waals surface area contributed by atoms with Gasteiger partial charge in [0.25, 0.3) is 0 Å². The van der Waals surface area contributed by atoms with E-state index >= 15 is 0 Å². The van der Waals surface area contributed by atoms with Gasteiger partial charge in [-0.1, -0.05) is 12.1 Å². The van der Waals surface area contributed by atoms with Gasteiger partial charge in [0.2, 0.25) is 0 Å². The molecule has 0 aliphatic heterocycles. The van der Waals surface area contributed by atoms with Gasteiger partial charge in [-0.05, 0) is 19.1 Å². The van der Waals surface area contributed by atoms with Crippen LogP contribution in [0.25, 0.3) is 11.0 Å². The number of methoxy groups -OCH3 is 2. The van der Waals surface area contributed by atoms with E-state index in [1.165, 1.54) is 21.1 Å². The first kappa shape index (κ1) is 17.8. The molecule has 0 aliphatic carbocycles. The van der Waals surface area contributed by atoms with Crippen molar-refractivity contribution >= 4 is 16.9 Å². The quantitative estimate of drug-likeness (QED) is 0.716. The van der Waals surface area contributed by atoms with Gasteiger partial charge in [-0.2, -0.15) is 18.3 Å². The summed E-state index contributed by atoms with van der Waals surface area (Å²) in [6, 6.07) is 6.30. The molecule has 0 spiro atoms. The number of anilines is 1. The molecule has 0 bridgehead atoms. The van der Waals surface area contributed by atoms with Crippen molar-refractivity contribution in [2.24, 2.45) is 0 Å². The molecular formula is C17H17F3N4O2. The first-order valence-corrected chi connectivity index (χ1v) is 7.71. The first-order valence-electron chi connectivity index (χ1n) is 7.71. The van der Waals surface area contributed by atoms with Gasteiger partial charge in [0, 0.05) is 17.8 Å². The molecule has 0 saturated carbocycles. The number of hydrogen-bond acceptors (Lipinski definition) is 5. The van der Waals surface area contributed by atoms with E-state index in [0.717, 1.165) is 11.6 Å². The lowest BCUT2D eigenvalue weighted by atomic mass is 10.1. The number of para-hydroxylation sites is 1. The average molecular weight is 366 g/mol. The van der Waals surface area contributed by atoms with E-state index in [1.54, 1.807) is 18.2 Å². The highest BCUT2D eigenvalue weighted by Gasteiger charge is 2.35. The fraction of sp³-hybridized carbons (Fsp3) is 0.294. The van der Waals surface area contributed by atoms with E-state index < -0.39 is 11.7 Å². The highest BCUT2D eigenvalue weighted by atomic mass is 19.4. The normalized spacial score (nSPS) is 11.6. The van der Waals surface area contributed by atoms with Crippen LogP contribution >= 0.6 is 0 Å². The third-order valence-corrected chi connectivity index (χ3v) is 3.89. The molecule has 0 saturated heterocycles. The minimum Gasteiger partial charge on any atom is -0.493 e. The van der Waals surface area contributed by atoms with Crippen molar-refractivity contribution < 1.29 is 22.6 Å². The number of nitrogens with zero attached hydrogens (tertiary/aromatic N) is 2. The number of fused-ring (bicyclic) bond motifs is 1. The van der Waals surface area contributed by atoms with Crippen molar-refractivity contribution in [3.05, 3.63) is 41.1 Å². The molecule has 3 rings (SSSR count). The van der Waals surface area contributed by atoms with Crippen LogP contribution < -0.4 is 14.8 Å². The van der Waals surface area contributed by atoms with E-state index in [2.05, 4.69) is 20.5 Å². The van der Waals surface area contributed by atoms with Crippen LogP contribution in [-0.4, -0.2) is 29.4 Å². The Kier molecular flexibility index (Phi) is 4.62. The van der Waals surface area contributed by atoms with Crippen LogP contribution in [0.15, 0.2) is 24.3 Å². The Bertz CT molecular complexity index is 938. The van der Waals surface area contributed by atoms with Crippen molar-refractivity contribution in [1.29, 1.82) is 0 Å². The van der Waals surface area contributed by atoms with Crippen molar-refractivity contribution in [1.82, 2.24) is 15.2 Å². The Morgan fingerprint density at radius 3 is 2.62 bits per heavy atom. The second kappa shape index (κ2) is 6.74. The van der Waals surface area contributed by atoms with E-state index in [4.69, 9.17) is 9.47 Å². The van der Waals surface area contributed by atoms with Gasteiger partial charge in [-0.15, -0.1) is 0 Å². The van der Waals surface area contributed by atoms with Crippen LogP contribution in [0.2, 0.25) is 0 Å². The second-order valence-electron chi connectivity index (χ2n) is 5.61. The summed E-state index contributed by atoms with van der Waals surface area (Å²) in [5.74, 6) is 1.11. The Balaban J connectivity index is 1.99. The van der Waals surface area contributed by atoms with E-state index in [9.17, 15) is 13.2 Å². The summed E-state index contributed by atoms with van der Waals surface area (Å²) in [6.07, 6.45) is -4.51. The van der Waals surface area contributed by atoms with Gasteiger partial charge in [-0.3, -0.25) is 5.10 Å². The number of H-pyrrole nitrogens is 1. The standard InChI is InChI=1S/C17H17F3N4O2/c1-9-7-11(17(18,19)20)13-15(23-24-16(13)22-9)21-8-10-5-4-6-12(25-2)14(10)26-3/h4-7H,8H2,1-3H3,(H2,21,22,23,24). The fourth-order valence-corrected chi connectivity index (χ4v) is 2.78. The van der Waals surface area contributed by atoms with Crippen LogP contribution in [0.1, 0.15) is 16.8 Å². The highest BCUT2D eigenvalue weighted by molar-refractivity contribution is 5.91. The first-order chi connectivity index (χ1) is 12.3. The SMILES string of the molecule is COc1cccc(CNc2n[nH]c3nc(C)cc(C(F)(F)F)c23)c1OC. The maximum atomic E-state index is 13.4. The number of rotatable bonds is 5. The Morgan fingerprint density at radius 2 is 1.96 bits per heavy atom. The molecule has 0 atom stereocenters. The Morgan fingerprint density at radius 1 is 1.19 bits per heavy atom. The molecule has 9 heteroatoms. The third-order valence-electron chi connectivity index (χ3n) is 3.89. The van der Waals surface area contributed by atoms with Gasteiger partial charge in [0.15, 0.2) is 23.0 Å². The Labute approximate surface area is 147 Å². The average Bonchev–Trinajstić information content (AvgIpc) is 3.00. The molecule has 0 amide bonds. The van der Waals surface area contributed by atoms with E-state index in [0.29, 0.717) is 11.5 Å². The molecule has 1 aromatic carbocycles. The maximum absolute atomic E-state index is 13.4. The number of aromatic nitrogens is 3. The van der Waals surface area contributed by atoms with Gasteiger partial charge in [-0.25, -0.2) is 4.98 Å². The smallest absolute Gasteiger partial charge is 0.417 e. The van der Waals surface area contributed by atoms with Crippen molar-refractivity contribution in [3.8, 4) is 11.5 Å². The van der Waals surface area contributed by atoms with E-state index in [1.807, 2.05) is 0 Å². The summed E-state index contributed by atoms with van der Waals surface area (Å²) in [4.78, 5) is 4.08. The summed E-state index contributed by atoms with van der Waals surface area (Å²) in [6.45, 7) is 1.70. The minimum atomic E-state index is -4.51. The van der Waals surface area contributed by atoms with Crippen LogP contribution in [0.5, 0.6) is 11.5 Å². The fourth-order valence-electron chi connectivity index (χ4n) is 2.78. The predicted molar refractivity (Wildman–Crippen MR) is 90.5 cm³/mol. The number of alkyl halides is 3. The molecule has 138 valence electrons. The lowest BCUT2D eigenvalue weighted by molar-refractivity contribution is -0.136. The minimum absolute atomic E-state index is 0.0738. The molecule has 0 radical (unpaired) electrons. The zero-order valence-electron chi connectivity index (χ0n) is 14.4. The van der Waals surface area contributed by atoms with Crippen LogP contribution in [0.4, 0.5) is 19.0 Å². The van der Waals surface area contributed by atoms with Crippen molar-refractivity contribution in [2.45, 2.75) is 19.6 Å². The van der Waals surface area contributed by atoms with Crippen LogP contribution in [0.3, 0.4) is 0 Å². The number of nitrogens with one attached hydrogen (secondary N) is 2. The number of halogens is 3. The summed E-state index contributed by atoms with van der Waals surface area (Å²) < 4.78 is 50.8. The molecule has 2 heterocycles. The monoisotopic (exact) mass is 366 g/mol. The largest absolute Gasteiger partial charge is 0.493 e. The number of aromatic amines is 1. The topological polar surface area (TPSA) is 72.1 Å². The summed E-state index contributed by atoms with van der Waals surface area (Å²) >= 11 is 0. The van der Waals surface area contributed by atoms with E-state index in [-0.39, 0.29) is 29.1 Å². The van der Waals surface area contributed by atoms with Crippen molar-refractivity contribution in [3.63, 3.8) is 0 Å². The molecule has 0 unspecified atom stereocenters. The zero-order valence-corrected chi connectivity index (χ0v) is 14.4. The predicted octanol–water partition coefficient (Wildman–Crippen LogP) is 3.91. The number of pyridine rings is 1. The molecule has 3 aromatic rings. The lowest BCUT2D eigenvalue weighted by Gasteiger charge is -2.14. The molecule has 26 heavy (non-hydrogen) atoms. The van der Waals surface area contributed by atoms with Crippen LogP contribution in [-0.2, 0) is 12.7 Å². The molecule has 0 aliphatic rings. The molecule has 0 fully saturated rings. The number of benzene rings is 1. The van der Waals surface area contributed by atoms with Crippen LogP contribution in [0, 0.1) is 6.92 Å². The summed E-state index contributed by atoms with van der Waals surface area (Å²) in [5.41, 5.74) is 0.275. The second-order valence-corrected chi connectivity index (χ2v) is 5.61. The summed E-state index contributed by atoms with van der Waals surface area (Å²) in [5, 5.41) is 9.33. The number of ether oxygens (including phenoxy) is 2. The molecule has 2 N–H and O–H groups in total. The van der Waals surface area contributed by atoms with Crippen molar-refractivity contribution in [2.75, 3.05) is 19.5 Å². The maximum Gasteiger partial charge on any atom is 0.417 e. The lowest BCUT2D eigenvalue weighted by Crippen LogP contribution is -2.09. The zero-order chi connectivity index (χ0) is 18.9. The number of hydrogen-bond donors (Lipinski definition) is 2. The molecular weight excluding hydrogens is 349 g/mol. The van der Waals surface area contributed by atoms with Gasteiger partial charge in [0.05, 0.1) is 25.2 Å². The van der Waals surface area contributed by atoms with Gasteiger partial charge >= 0.3 is 6.18 Å². The number of aryl methyl sites for hydroxylation is 1. The molecule has 2 aromatic heterocycles. The van der Waals surface area contributed by atoms with Gasteiger partial charge in [0.1, 0.15) is 0 Å². The third kappa shape index (κ3) is 3.24.